The van der Waals surface area contributed by atoms with Crippen molar-refractivity contribution < 1.29 is 19.0 Å². The summed E-state index contributed by atoms with van der Waals surface area (Å²) < 4.78 is 15.1. The fourth-order valence-corrected chi connectivity index (χ4v) is 1.73. The molecule has 0 aliphatic heterocycles. The van der Waals surface area contributed by atoms with Gasteiger partial charge in [-0.2, -0.15) is 0 Å². The van der Waals surface area contributed by atoms with Crippen LogP contribution in [0.1, 0.15) is 10.5 Å². The molecule has 0 saturated carbocycles. The van der Waals surface area contributed by atoms with E-state index >= 15 is 0 Å². The standard InChI is InChI=1S/C12H13NO4/c1-15-9-4-7-6-13-11(12(14)17-3)8(7)5-10(9)16-2/h4-6,13H,1-3H3. The molecule has 1 heterocycles. The number of aromatic nitrogens is 1. The summed E-state index contributed by atoms with van der Waals surface area (Å²) in [6.45, 7) is 0. The largest absolute Gasteiger partial charge is 0.493 e. The SMILES string of the molecule is COC(=O)c1[nH]cc2cc(OC)c(OC)cc12. The molecule has 17 heavy (non-hydrogen) atoms. The number of methoxy groups -OCH3 is 3. The van der Waals surface area contributed by atoms with Crippen molar-refractivity contribution in [2.24, 2.45) is 0 Å². The zero-order valence-electron chi connectivity index (χ0n) is 9.87. The Hall–Kier alpha value is -2.17. The molecule has 0 aliphatic carbocycles. The van der Waals surface area contributed by atoms with Gasteiger partial charge in [-0.05, 0) is 12.1 Å². The van der Waals surface area contributed by atoms with Crippen LogP contribution in [0.5, 0.6) is 11.5 Å². The molecule has 0 saturated heterocycles. The summed E-state index contributed by atoms with van der Waals surface area (Å²) in [4.78, 5) is 14.4. The second-order valence-electron chi connectivity index (χ2n) is 3.45. The number of aromatic amines is 1. The second-order valence-corrected chi connectivity index (χ2v) is 3.45. The average molecular weight is 235 g/mol. The van der Waals surface area contributed by atoms with Crippen LogP contribution in [0.25, 0.3) is 10.8 Å². The second kappa shape index (κ2) is 4.37. The van der Waals surface area contributed by atoms with E-state index in [0.717, 1.165) is 10.8 Å². The van der Waals surface area contributed by atoms with Crippen molar-refractivity contribution in [1.82, 2.24) is 4.98 Å². The first-order chi connectivity index (χ1) is 8.21. The number of carbonyl (C=O) groups excluding carboxylic acids is 1. The van der Waals surface area contributed by atoms with E-state index in [-0.39, 0.29) is 0 Å². The van der Waals surface area contributed by atoms with E-state index < -0.39 is 5.97 Å². The van der Waals surface area contributed by atoms with Crippen molar-refractivity contribution >= 4 is 16.7 Å². The Labute approximate surface area is 98.3 Å². The average Bonchev–Trinajstić information content (AvgIpc) is 2.78. The van der Waals surface area contributed by atoms with Crippen molar-refractivity contribution in [2.75, 3.05) is 21.3 Å². The van der Waals surface area contributed by atoms with Crippen LogP contribution in [0.4, 0.5) is 0 Å². The molecule has 2 aromatic rings. The number of esters is 1. The Bertz CT molecular complexity index is 559. The fourth-order valence-electron chi connectivity index (χ4n) is 1.73. The fraction of sp³-hybridized carbons (Fsp3) is 0.250. The van der Waals surface area contributed by atoms with Crippen LogP contribution in [-0.4, -0.2) is 32.3 Å². The number of ether oxygens (including phenoxy) is 3. The van der Waals surface area contributed by atoms with Crippen LogP contribution in [0.15, 0.2) is 18.3 Å². The van der Waals surface area contributed by atoms with Gasteiger partial charge in [0.05, 0.1) is 21.3 Å². The smallest absolute Gasteiger partial charge is 0.355 e. The molecule has 0 amide bonds. The number of hydrogen-bond acceptors (Lipinski definition) is 4. The van der Waals surface area contributed by atoms with Gasteiger partial charge in [0.25, 0.3) is 0 Å². The van der Waals surface area contributed by atoms with Crippen LogP contribution in [0.2, 0.25) is 0 Å². The van der Waals surface area contributed by atoms with E-state index in [1.165, 1.54) is 7.11 Å². The van der Waals surface area contributed by atoms with Crippen LogP contribution >= 0.6 is 0 Å². The molecule has 1 N–H and O–H groups in total. The molecule has 0 unspecified atom stereocenters. The molecule has 0 radical (unpaired) electrons. The monoisotopic (exact) mass is 235 g/mol. The summed E-state index contributed by atoms with van der Waals surface area (Å²) in [6, 6.07) is 3.55. The number of nitrogens with one attached hydrogen (secondary N) is 1. The highest BCUT2D eigenvalue weighted by molar-refractivity contribution is 6.04. The Balaban J connectivity index is 2.65. The number of H-pyrrole nitrogens is 1. The van der Waals surface area contributed by atoms with Gasteiger partial charge < -0.3 is 19.2 Å². The highest BCUT2D eigenvalue weighted by Crippen LogP contribution is 2.33. The normalized spacial score (nSPS) is 10.3. The third-order valence-corrected chi connectivity index (χ3v) is 2.59. The lowest BCUT2D eigenvalue weighted by Crippen LogP contribution is -2.01. The van der Waals surface area contributed by atoms with E-state index in [2.05, 4.69) is 4.98 Å². The molecule has 1 aromatic heterocycles. The molecular formula is C12H13NO4. The maximum absolute atomic E-state index is 11.5. The van der Waals surface area contributed by atoms with Crippen LogP contribution in [0, 0.1) is 0 Å². The summed E-state index contributed by atoms with van der Waals surface area (Å²) in [5.74, 6) is 0.785. The van der Waals surface area contributed by atoms with Gasteiger partial charge in [0.15, 0.2) is 11.5 Å². The molecular weight excluding hydrogens is 222 g/mol. The molecule has 1 aromatic carbocycles. The summed E-state index contributed by atoms with van der Waals surface area (Å²) in [6.07, 6.45) is 1.73. The molecule has 5 heteroatoms. The number of rotatable bonds is 3. The molecule has 5 nitrogen and oxygen atoms in total. The zero-order chi connectivity index (χ0) is 12.4. The lowest BCUT2D eigenvalue weighted by Gasteiger charge is -2.07. The summed E-state index contributed by atoms with van der Waals surface area (Å²) in [7, 11) is 4.46. The van der Waals surface area contributed by atoms with E-state index in [1.54, 1.807) is 32.5 Å². The molecule has 0 atom stereocenters. The molecule has 2 rings (SSSR count). The Morgan fingerprint density at radius 1 is 1.12 bits per heavy atom. The number of benzene rings is 1. The first-order valence-corrected chi connectivity index (χ1v) is 5.02. The van der Waals surface area contributed by atoms with Gasteiger partial charge in [-0.15, -0.1) is 0 Å². The molecule has 0 bridgehead atoms. The van der Waals surface area contributed by atoms with Gasteiger partial charge in [0.2, 0.25) is 0 Å². The Kier molecular flexibility index (Phi) is 2.91. The van der Waals surface area contributed by atoms with E-state index in [1.807, 2.05) is 0 Å². The van der Waals surface area contributed by atoms with Crippen molar-refractivity contribution in [2.45, 2.75) is 0 Å². The lowest BCUT2D eigenvalue weighted by atomic mass is 10.1. The van der Waals surface area contributed by atoms with Gasteiger partial charge >= 0.3 is 5.97 Å². The quantitative estimate of drug-likeness (QED) is 0.826. The minimum absolute atomic E-state index is 0.406. The summed E-state index contributed by atoms with van der Waals surface area (Å²) in [5, 5.41) is 1.61. The van der Waals surface area contributed by atoms with Crippen molar-refractivity contribution in [3.63, 3.8) is 0 Å². The number of hydrogen-bond donors (Lipinski definition) is 1. The van der Waals surface area contributed by atoms with Gasteiger partial charge in [-0.1, -0.05) is 0 Å². The molecule has 90 valence electrons. The number of carbonyl (C=O) groups is 1. The summed E-state index contributed by atoms with van der Waals surface area (Å²) in [5.41, 5.74) is 0.406. The van der Waals surface area contributed by atoms with Crippen molar-refractivity contribution in [3.05, 3.63) is 24.0 Å². The van der Waals surface area contributed by atoms with E-state index in [4.69, 9.17) is 14.2 Å². The summed E-state index contributed by atoms with van der Waals surface area (Å²) >= 11 is 0. The first-order valence-electron chi connectivity index (χ1n) is 5.02. The molecule has 0 spiro atoms. The van der Waals surface area contributed by atoms with Gasteiger partial charge in [-0.25, -0.2) is 4.79 Å². The lowest BCUT2D eigenvalue weighted by molar-refractivity contribution is 0.0597. The first kappa shape index (κ1) is 11.3. The highest BCUT2D eigenvalue weighted by Gasteiger charge is 2.15. The highest BCUT2D eigenvalue weighted by atomic mass is 16.5. The third-order valence-electron chi connectivity index (χ3n) is 2.59. The predicted molar refractivity (Wildman–Crippen MR) is 62.7 cm³/mol. The Morgan fingerprint density at radius 2 is 1.76 bits per heavy atom. The maximum atomic E-state index is 11.5. The van der Waals surface area contributed by atoms with Crippen molar-refractivity contribution in [3.8, 4) is 11.5 Å². The molecule has 0 aliphatic rings. The predicted octanol–water partition coefficient (Wildman–Crippen LogP) is 1.97. The number of fused-ring (bicyclic) bond motifs is 1. The van der Waals surface area contributed by atoms with Gasteiger partial charge in [0.1, 0.15) is 5.69 Å². The minimum Gasteiger partial charge on any atom is -0.493 e. The van der Waals surface area contributed by atoms with Crippen LogP contribution in [0.3, 0.4) is 0 Å². The van der Waals surface area contributed by atoms with E-state index in [9.17, 15) is 4.79 Å². The Morgan fingerprint density at radius 3 is 2.35 bits per heavy atom. The minimum atomic E-state index is -0.410. The van der Waals surface area contributed by atoms with Crippen molar-refractivity contribution in [1.29, 1.82) is 0 Å². The van der Waals surface area contributed by atoms with Crippen LogP contribution in [-0.2, 0) is 4.74 Å². The van der Waals surface area contributed by atoms with E-state index in [0.29, 0.717) is 17.2 Å². The van der Waals surface area contributed by atoms with Gasteiger partial charge in [0, 0.05) is 17.0 Å². The van der Waals surface area contributed by atoms with Crippen LogP contribution < -0.4 is 9.47 Å². The zero-order valence-corrected chi connectivity index (χ0v) is 9.87. The molecule has 0 fully saturated rings. The third kappa shape index (κ3) is 1.80. The van der Waals surface area contributed by atoms with Gasteiger partial charge in [-0.3, -0.25) is 0 Å². The topological polar surface area (TPSA) is 60.6 Å². The maximum Gasteiger partial charge on any atom is 0.355 e.